The van der Waals surface area contributed by atoms with Crippen LogP contribution in [0.25, 0.3) is 0 Å². The van der Waals surface area contributed by atoms with E-state index in [1.165, 1.54) is 0 Å². The van der Waals surface area contributed by atoms with Crippen LogP contribution in [-0.4, -0.2) is 63.0 Å². The summed E-state index contributed by atoms with van der Waals surface area (Å²) in [5.74, 6) is 2.06. The van der Waals surface area contributed by atoms with Gasteiger partial charge in [0.05, 0.1) is 24.4 Å². The maximum absolute atomic E-state index is 6.30. The Labute approximate surface area is 148 Å². The third-order valence-corrected chi connectivity index (χ3v) is 5.26. The van der Waals surface area contributed by atoms with Crippen molar-refractivity contribution in [3.8, 4) is 0 Å². The smallest absolute Gasteiger partial charge is 0.151 e. The van der Waals surface area contributed by atoms with Crippen molar-refractivity contribution in [2.45, 2.75) is 31.9 Å². The number of hydrogen-bond acceptors (Lipinski definition) is 6. The molecule has 2 aliphatic rings. The lowest BCUT2D eigenvalue weighted by Crippen LogP contribution is -2.59. The van der Waals surface area contributed by atoms with Crippen LogP contribution >= 0.6 is 0 Å². The van der Waals surface area contributed by atoms with Crippen molar-refractivity contribution < 1.29 is 4.74 Å². The first kappa shape index (κ1) is 16.5. The van der Waals surface area contributed by atoms with E-state index in [1.807, 2.05) is 25.4 Å². The Morgan fingerprint density at radius 1 is 1.20 bits per heavy atom. The highest BCUT2D eigenvalue weighted by Crippen LogP contribution is 2.31. The fraction of sp³-hybridized carbons (Fsp3) is 0.611. The minimum atomic E-state index is -0.117. The summed E-state index contributed by atoms with van der Waals surface area (Å²) >= 11 is 0. The van der Waals surface area contributed by atoms with E-state index in [-0.39, 0.29) is 5.60 Å². The molecule has 2 saturated heterocycles. The summed E-state index contributed by atoms with van der Waals surface area (Å²) in [5, 5.41) is 8.57. The van der Waals surface area contributed by atoms with Crippen molar-refractivity contribution in [3.63, 3.8) is 0 Å². The van der Waals surface area contributed by atoms with Gasteiger partial charge in [-0.3, -0.25) is 4.90 Å². The van der Waals surface area contributed by atoms with E-state index in [2.05, 4.69) is 42.7 Å². The van der Waals surface area contributed by atoms with E-state index in [9.17, 15) is 0 Å². The molecular weight excluding hydrogens is 316 g/mol. The molecule has 0 aromatic carbocycles. The summed E-state index contributed by atoms with van der Waals surface area (Å²) in [4.78, 5) is 9.25. The van der Waals surface area contributed by atoms with Crippen LogP contribution < -0.4 is 4.90 Å². The lowest BCUT2D eigenvalue weighted by Gasteiger charge is -2.48. The van der Waals surface area contributed by atoms with Gasteiger partial charge in [-0.05, 0) is 31.9 Å². The molecule has 2 aromatic rings. The van der Waals surface area contributed by atoms with E-state index < -0.39 is 0 Å². The van der Waals surface area contributed by atoms with Gasteiger partial charge in [-0.1, -0.05) is 0 Å². The minimum Gasteiger partial charge on any atom is -0.370 e. The number of morpholine rings is 1. The predicted octanol–water partition coefficient (Wildman–Crippen LogP) is 1.39. The quantitative estimate of drug-likeness (QED) is 0.840. The summed E-state index contributed by atoms with van der Waals surface area (Å²) in [6.07, 6.45) is 6.08. The van der Waals surface area contributed by atoms with Crippen LogP contribution in [0.3, 0.4) is 0 Å². The Morgan fingerprint density at radius 2 is 2.12 bits per heavy atom. The number of ether oxygens (including phenoxy) is 1. The van der Waals surface area contributed by atoms with Crippen molar-refractivity contribution in [2.24, 2.45) is 7.05 Å². The first-order chi connectivity index (χ1) is 12.1. The first-order valence-corrected chi connectivity index (χ1v) is 9.01. The maximum atomic E-state index is 6.30. The number of piperidine rings is 1. The SMILES string of the molecule is Cc1ccc(N2CCC[C@]3(CN(Cc4nccn4C)CCO3)C2)nn1. The monoisotopic (exact) mass is 342 g/mol. The third-order valence-electron chi connectivity index (χ3n) is 5.26. The topological polar surface area (TPSA) is 59.3 Å². The largest absolute Gasteiger partial charge is 0.370 e. The van der Waals surface area contributed by atoms with E-state index in [0.29, 0.717) is 0 Å². The summed E-state index contributed by atoms with van der Waals surface area (Å²) in [6.45, 7) is 7.41. The predicted molar refractivity (Wildman–Crippen MR) is 95.4 cm³/mol. The number of rotatable bonds is 3. The molecule has 25 heavy (non-hydrogen) atoms. The zero-order chi connectivity index (χ0) is 17.3. The van der Waals surface area contributed by atoms with Crippen LogP contribution in [0.4, 0.5) is 5.82 Å². The van der Waals surface area contributed by atoms with Gasteiger partial charge in [0.2, 0.25) is 0 Å². The van der Waals surface area contributed by atoms with Crippen LogP contribution in [-0.2, 0) is 18.3 Å². The van der Waals surface area contributed by atoms with Crippen LogP contribution in [0.1, 0.15) is 24.4 Å². The highest BCUT2D eigenvalue weighted by atomic mass is 16.5. The number of anilines is 1. The summed E-state index contributed by atoms with van der Waals surface area (Å²) < 4.78 is 8.40. The number of aryl methyl sites for hydroxylation is 2. The molecule has 0 radical (unpaired) electrons. The van der Waals surface area contributed by atoms with E-state index >= 15 is 0 Å². The highest BCUT2D eigenvalue weighted by molar-refractivity contribution is 5.38. The second-order valence-electron chi connectivity index (χ2n) is 7.25. The fourth-order valence-electron chi connectivity index (χ4n) is 3.91. The molecule has 0 amide bonds. The normalized spacial score (nSPS) is 24.8. The van der Waals surface area contributed by atoms with Gasteiger partial charge in [0.25, 0.3) is 0 Å². The van der Waals surface area contributed by atoms with Crippen molar-refractivity contribution in [2.75, 3.05) is 37.7 Å². The molecule has 2 aliphatic heterocycles. The van der Waals surface area contributed by atoms with E-state index in [0.717, 1.165) is 69.5 Å². The van der Waals surface area contributed by atoms with Gasteiger partial charge >= 0.3 is 0 Å². The number of imidazole rings is 1. The van der Waals surface area contributed by atoms with Crippen molar-refractivity contribution in [3.05, 3.63) is 36.0 Å². The summed E-state index contributed by atoms with van der Waals surface area (Å²) in [5.41, 5.74) is 0.833. The molecule has 0 bridgehead atoms. The van der Waals surface area contributed by atoms with Crippen molar-refractivity contribution in [1.82, 2.24) is 24.6 Å². The summed E-state index contributed by atoms with van der Waals surface area (Å²) in [7, 11) is 2.05. The van der Waals surface area contributed by atoms with E-state index in [4.69, 9.17) is 4.74 Å². The zero-order valence-electron chi connectivity index (χ0n) is 15.1. The standard InChI is InChI=1S/C18H26N6O/c1-15-4-5-16(21-20-15)24-8-3-6-18(14-24)13-23(10-11-25-18)12-17-19-7-9-22(17)2/h4-5,7,9H,3,6,8,10-14H2,1-2H3/t18-/m0/s1. The van der Waals surface area contributed by atoms with Gasteiger partial charge in [0, 0.05) is 45.6 Å². The van der Waals surface area contributed by atoms with Gasteiger partial charge in [-0.2, -0.15) is 5.10 Å². The molecule has 1 spiro atoms. The second kappa shape index (κ2) is 6.72. The van der Waals surface area contributed by atoms with Gasteiger partial charge in [-0.25, -0.2) is 4.98 Å². The fourth-order valence-corrected chi connectivity index (χ4v) is 3.91. The number of nitrogens with zero attached hydrogens (tertiary/aromatic N) is 6. The molecule has 134 valence electrons. The van der Waals surface area contributed by atoms with Crippen molar-refractivity contribution in [1.29, 1.82) is 0 Å². The first-order valence-electron chi connectivity index (χ1n) is 9.01. The maximum Gasteiger partial charge on any atom is 0.151 e. The van der Waals surface area contributed by atoms with E-state index in [1.54, 1.807) is 0 Å². The lowest BCUT2D eigenvalue weighted by atomic mass is 9.90. The Hall–Kier alpha value is -1.99. The molecule has 0 unspecified atom stereocenters. The third kappa shape index (κ3) is 3.52. The summed E-state index contributed by atoms with van der Waals surface area (Å²) in [6, 6.07) is 4.09. The molecule has 7 heteroatoms. The highest BCUT2D eigenvalue weighted by Gasteiger charge is 2.41. The van der Waals surface area contributed by atoms with Gasteiger partial charge in [0.15, 0.2) is 5.82 Å². The molecule has 0 saturated carbocycles. The molecule has 0 aliphatic carbocycles. The average Bonchev–Trinajstić information content (AvgIpc) is 3.00. The Kier molecular flexibility index (Phi) is 4.43. The number of hydrogen-bond donors (Lipinski definition) is 0. The Morgan fingerprint density at radius 3 is 2.88 bits per heavy atom. The molecule has 4 rings (SSSR count). The zero-order valence-corrected chi connectivity index (χ0v) is 15.1. The molecule has 2 fully saturated rings. The molecule has 4 heterocycles. The van der Waals surface area contributed by atoms with Crippen LogP contribution in [0.15, 0.2) is 24.5 Å². The van der Waals surface area contributed by atoms with Crippen molar-refractivity contribution >= 4 is 5.82 Å². The molecule has 0 N–H and O–H groups in total. The van der Waals surface area contributed by atoms with Crippen LogP contribution in [0.5, 0.6) is 0 Å². The van der Waals surface area contributed by atoms with Gasteiger partial charge in [0.1, 0.15) is 5.82 Å². The minimum absolute atomic E-state index is 0.117. The molecular formula is C18H26N6O. The average molecular weight is 342 g/mol. The lowest BCUT2D eigenvalue weighted by molar-refractivity contribution is -0.116. The molecule has 1 atom stereocenters. The van der Waals surface area contributed by atoms with Gasteiger partial charge < -0.3 is 14.2 Å². The Bertz CT molecular complexity index is 711. The number of aromatic nitrogens is 4. The molecule has 2 aromatic heterocycles. The second-order valence-corrected chi connectivity index (χ2v) is 7.25. The Balaban J connectivity index is 1.46. The van der Waals surface area contributed by atoms with Gasteiger partial charge in [-0.15, -0.1) is 5.10 Å². The van der Waals surface area contributed by atoms with Crippen LogP contribution in [0.2, 0.25) is 0 Å². The molecule has 7 nitrogen and oxygen atoms in total. The van der Waals surface area contributed by atoms with Crippen LogP contribution in [0, 0.1) is 6.92 Å².